The second-order valence-corrected chi connectivity index (χ2v) is 7.95. The molecular weight excluding hydrogens is 420 g/mol. The quantitative estimate of drug-likeness (QED) is 0.612. The number of amides is 1. The number of anilines is 1. The standard InChI is InChI=1S/C24H28N6O3/c1-15-19(16(2)29-24(25)28-15)8-9-21(31)30-12-13-33-20(14-30)23-22(26-10-11-27-23)17-4-6-18(32-3)7-5-17/h4-7,10-11,20H,8-9,12-14H2,1-3H3,(H2,25,28,29)/t20-/m1/s1. The molecule has 0 radical (unpaired) electrons. The number of carbonyl (C=O) groups is 1. The van der Waals surface area contributed by atoms with Crippen molar-refractivity contribution in [3.05, 3.63) is 59.3 Å². The first-order valence-electron chi connectivity index (χ1n) is 10.9. The Balaban J connectivity index is 1.47. The van der Waals surface area contributed by atoms with Gasteiger partial charge in [-0.2, -0.15) is 0 Å². The second kappa shape index (κ2) is 9.91. The monoisotopic (exact) mass is 448 g/mol. The third-order valence-electron chi connectivity index (χ3n) is 5.84. The number of ether oxygens (including phenoxy) is 2. The highest BCUT2D eigenvalue weighted by Crippen LogP contribution is 2.30. The molecule has 0 bridgehead atoms. The molecule has 3 heterocycles. The number of methoxy groups -OCH3 is 1. The smallest absolute Gasteiger partial charge is 0.223 e. The van der Waals surface area contributed by atoms with E-state index in [0.717, 1.165) is 39.7 Å². The summed E-state index contributed by atoms with van der Waals surface area (Å²) in [6.45, 7) is 5.20. The molecule has 9 heteroatoms. The number of hydrogen-bond donors (Lipinski definition) is 1. The van der Waals surface area contributed by atoms with Gasteiger partial charge in [0.1, 0.15) is 11.9 Å². The topological polar surface area (TPSA) is 116 Å². The summed E-state index contributed by atoms with van der Waals surface area (Å²) in [5.41, 5.74) is 10.7. The number of carbonyl (C=O) groups excluding carboxylic acids is 1. The molecule has 33 heavy (non-hydrogen) atoms. The number of hydrogen-bond acceptors (Lipinski definition) is 8. The van der Waals surface area contributed by atoms with Crippen molar-refractivity contribution in [1.29, 1.82) is 0 Å². The van der Waals surface area contributed by atoms with Crippen molar-refractivity contribution in [2.24, 2.45) is 0 Å². The van der Waals surface area contributed by atoms with Crippen LogP contribution in [0, 0.1) is 13.8 Å². The Hall–Kier alpha value is -3.59. The van der Waals surface area contributed by atoms with Gasteiger partial charge in [-0.05, 0) is 50.1 Å². The predicted molar refractivity (Wildman–Crippen MR) is 124 cm³/mol. The van der Waals surface area contributed by atoms with Crippen molar-refractivity contribution in [1.82, 2.24) is 24.8 Å². The van der Waals surface area contributed by atoms with E-state index in [1.54, 1.807) is 19.5 Å². The summed E-state index contributed by atoms with van der Waals surface area (Å²) >= 11 is 0. The Morgan fingerprint density at radius 3 is 2.55 bits per heavy atom. The lowest BCUT2D eigenvalue weighted by molar-refractivity contribution is -0.139. The second-order valence-electron chi connectivity index (χ2n) is 7.95. The molecule has 1 aliphatic heterocycles. The molecule has 2 N–H and O–H groups in total. The molecule has 1 aliphatic rings. The molecule has 172 valence electrons. The minimum Gasteiger partial charge on any atom is -0.497 e. The molecule has 9 nitrogen and oxygen atoms in total. The minimum atomic E-state index is -0.350. The van der Waals surface area contributed by atoms with E-state index in [2.05, 4.69) is 19.9 Å². The minimum absolute atomic E-state index is 0.0637. The molecule has 0 saturated carbocycles. The lowest BCUT2D eigenvalue weighted by Crippen LogP contribution is -2.42. The molecule has 2 aromatic heterocycles. The first kappa shape index (κ1) is 22.6. The van der Waals surface area contributed by atoms with E-state index in [1.165, 1.54) is 0 Å². The van der Waals surface area contributed by atoms with E-state index in [4.69, 9.17) is 15.2 Å². The van der Waals surface area contributed by atoms with Crippen LogP contribution in [0.25, 0.3) is 11.3 Å². The zero-order valence-corrected chi connectivity index (χ0v) is 19.1. The van der Waals surface area contributed by atoms with Crippen LogP contribution >= 0.6 is 0 Å². The van der Waals surface area contributed by atoms with Gasteiger partial charge in [-0.3, -0.25) is 14.8 Å². The Morgan fingerprint density at radius 2 is 1.85 bits per heavy atom. The number of aromatic nitrogens is 4. The van der Waals surface area contributed by atoms with Gasteiger partial charge in [-0.25, -0.2) is 9.97 Å². The summed E-state index contributed by atoms with van der Waals surface area (Å²) in [5, 5.41) is 0. The van der Waals surface area contributed by atoms with Crippen molar-refractivity contribution in [2.45, 2.75) is 32.8 Å². The lowest BCUT2D eigenvalue weighted by Gasteiger charge is -2.33. The van der Waals surface area contributed by atoms with E-state index >= 15 is 0 Å². The van der Waals surface area contributed by atoms with Gasteiger partial charge in [-0.15, -0.1) is 0 Å². The van der Waals surface area contributed by atoms with Crippen LogP contribution in [-0.2, 0) is 16.0 Å². The average Bonchev–Trinajstić information content (AvgIpc) is 2.83. The van der Waals surface area contributed by atoms with Gasteiger partial charge in [0.15, 0.2) is 0 Å². The first-order chi connectivity index (χ1) is 16.0. The molecule has 1 fully saturated rings. The van der Waals surface area contributed by atoms with Gasteiger partial charge >= 0.3 is 0 Å². The highest BCUT2D eigenvalue weighted by atomic mass is 16.5. The number of benzene rings is 1. The van der Waals surface area contributed by atoms with Crippen molar-refractivity contribution in [3.8, 4) is 17.0 Å². The maximum atomic E-state index is 13.0. The van der Waals surface area contributed by atoms with Crippen LogP contribution in [-0.4, -0.2) is 57.5 Å². The van der Waals surface area contributed by atoms with Crippen molar-refractivity contribution < 1.29 is 14.3 Å². The van der Waals surface area contributed by atoms with Crippen molar-refractivity contribution in [3.63, 3.8) is 0 Å². The fourth-order valence-electron chi connectivity index (χ4n) is 4.11. The summed E-state index contributed by atoms with van der Waals surface area (Å²) in [7, 11) is 1.63. The number of aryl methyl sites for hydroxylation is 2. The van der Waals surface area contributed by atoms with Crippen LogP contribution in [0.1, 0.15) is 35.2 Å². The van der Waals surface area contributed by atoms with Crippen LogP contribution < -0.4 is 10.5 Å². The number of rotatable bonds is 6. The number of nitrogens with two attached hydrogens (primary N) is 1. The first-order valence-corrected chi connectivity index (χ1v) is 10.9. The molecule has 1 amide bonds. The summed E-state index contributed by atoms with van der Waals surface area (Å²) in [5.74, 6) is 1.09. The summed E-state index contributed by atoms with van der Waals surface area (Å²) in [6.07, 6.45) is 3.90. The fraction of sp³-hybridized carbons (Fsp3) is 0.375. The van der Waals surface area contributed by atoms with Crippen LogP contribution in [0.3, 0.4) is 0 Å². The van der Waals surface area contributed by atoms with Crippen LogP contribution in [0.4, 0.5) is 5.95 Å². The maximum Gasteiger partial charge on any atom is 0.223 e. The van der Waals surface area contributed by atoms with E-state index < -0.39 is 0 Å². The zero-order chi connectivity index (χ0) is 23.4. The molecule has 4 rings (SSSR count). The van der Waals surface area contributed by atoms with Crippen LogP contribution in [0.2, 0.25) is 0 Å². The van der Waals surface area contributed by atoms with Crippen molar-refractivity contribution in [2.75, 3.05) is 32.5 Å². The maximum absolute atomic E-state index is 13.0. The Bertz CT molecular complexity index is 1110. The molecular formula is C24H28N6O3. The van der Waals surface area contributed by atoms with E-state index in [-0.39, 0.29) is 18.0 Å². The van der Waals surface area contributed by atoms with Gasteiger partial charge in [0.2, 0.25) is 11.9 Å². The fourth-order valence-corrected chi connectivity index (χ4v) is 4.11. The number of nitrogens with zero attached hydrogens (tertiary/aromatic N) is 5. The molecule has 0 spiro atoms. The summed E-state index contributed by atoms with van der Waals surface area (Å²) in [4.78, 5) is 32.4. The van der Waals surface area contributed by atoms with Gasteiger partial charge < -0.3 is 20.1 Å². The Kier molecular flexibility index (Phi) is 6.79. The molecule has 0 aliphatic carbocycles. The Labute approximate surface area is 193 Å². The average molecular weight is 449 g/mol. The van der Waals surface area contributed by atoms with Gasteiger partial charge in [-0.1, -0.05) is 0 Å². The predicted octanol–water partition coefficient (Wildman–Crippen LogP) is 2.67. The molecule has 1 saturated heterocycles. The molecule has 1 aromatic carbocycles. The number of nitrogen functional groups attached to an aromatic ring is 1. The third kappa shape index (κ3) is 5.09. The SMILES string of the molecule is COc1ccc(-c2nccnc2[C@H]2CN(C(=O)CCc3c(C)nc(N)nc3C)CCO2)cc1. The molecule has 3 aromatic rings. The third-order valence-corrected chi connectivity index (χ3v) is 5.84. The van der Waals surface area contributed by atoms with E-state index in [0.29, 0.717) is 32.5 Å². The summed E-state index contributed by atoms with van der Waals surface area (Å²) < 4.78 is 11.3. The van der Waals surface area contributed by atoms with E-state index in [9.17, 15) is 4.79 Å². The molecule has 1 atom stereocenters. The van der Waals surface area contributed by atoms with Gasteiger partial charge in [0, 0.05) is 42.3 Å². The highest BCUT2D eigenvalue weighted by molar-refractivity contribution is 5.76. The van der Waals surface area contributed by atoms with Crippen LogP contribution in [0.5, 0.6) is 5.75 Å². The normalized spacial score (nSPS) is 16.0. The summed E-state index contributed by atoms with van der Waals surface area (Å²) in [6, 6.07) is 7.65. The van der Waals surface area contributed by atoms with E-state index in [1.807, 2.05) is 43.0 Å². The van der Waals surface area contributed by atoms with Gasteiger partial charge in [0.25, 0.3) is 0 Å². The number of morpholine rings is 1. The lowest BCUT2D eigenvalue weighted by atomic mass is 10.0. The Morgan fingerprint density at radius 1 is 1.15 bits per heavy atom. The zero-order valence-electron chi connectivity index (χ0n) is 19.1. The molecule has 0 unspecified atom stereocenters. The highest BCUT2D eigenvalue weighted by Gasteiger charge is 2.28. The largest absolute Gasteiger partial charge is 0.497 e. The van der Waals surface area contributed by atoms with Crippen LogP contribution in [0.15, 0.2) is 36.7 Å². The van der Waals surface area contributed by atoms with Crippen molar-refractivity contribution >= 4 is 11.9 Å². The van der Waals surface area contributed by atoms with Gasteiger partial charge in [0.05, 0.1) is 31.6 Å².